The van der Waals surface area contributed by atoms with Gasteiger partial charge in [-0.3, -0.25) is 14.5 Å². The molecule has 1 saturated carbocycles. The van der Waals surface area contributed by atoms with Crippen LogP contribution in [0, 0.1) is 5.92 Å². The van der Waals surface area contributed by atoms with Gasteiger partial charge in [0.15, 0.2) is 0 Å². The molecule has 10 nitrogen and oxygen atoms in total. The molecule has 4 N–H and O–H groups in total. The molecular weight excluding hydrogens is 623 g/mol. The van der Waals surface area contributed by atoms with Crippen molar-refractivity contribution >= 4 is 35.1 Å². The third-order valence-corrected chi connectivity index (χ3v) is 8.28. The number of rotatable bonds is 3. The maximum Gasteiger partial charge on any atom is 0.416 e. The second kappa shape index (κ2) is 15.1. The minimum atomic E-state index is -4.57. The summed E-state index contributed by atoms with van der Waals surface area (Å²) in [4.78, 5) is 49.3. The van der Waals surface area contributed by atoms with Gasteiger partial charge in [-0.15, -0.1) is 0 Å². The van der Waals surface area contributed by atoms with Crippen LogP contribution >= 0.6 is 0 Å². The molecule has 0 spiro atoms. The monoisotopic (exact) mass is 663 g/mol. The Morgan fingerprint density at radius 2 is 1.77 bits per heavy atom. The van der Waals surface area contributed by atoms with E-state index < -0.39 is 23.7 Å². The van der Waals surface area contributed by atoms with E-state index in [1.165, 1.54) is 11.8 Å². The number of fused-ring (bicyclic) bond motifs is 3. The predicted molar refractivity (Wildman–Crippen MR) is 179 cm³/mol. The van der Waals surface area contributed by atoms with E-state index in [4.69, 9.17) is 5.73 Å². The van der Waals surface area contributed by atoms with E-state index in [9.17, 15) is 27.6 Å². The molecule has 1 aliphatic carbocycles. The van der Waals surface area contributed by atoms with E-state index in [0.717, 1.165) is 53.7 Å². The van der Waals surface area contributed by atoms with Crippen LogP contribution < -0.4 is 16.4 Å². The lowest BCUT2D eigenvalue weighted by atomic mass is 9.97. The van der Waals surface area contributed by atoms with Crippen LogP contribution in [0.2, 0.25) is 0 Å². The Morgan fingerprint density at radius 3 is 2.44 bits per heavy atom. The third-order valence-electron chi connectivity index (χ3n) is 8.28. The van der Waals surface area contributed by atoms with Crippen molar-refractivity contribution in [3.63, 3.8) is 0 Å². The van der Waals surface area contributed by atoms with Crippen LogP contribution in [0.4, 0.5) is 23.8 Å². The molecule has 2 aliphatic heterocycles. The third kappa shape index (κ3) is 8.01. The number of nitrogens with two attached hydrogens (primary N) is 1. The zero-order valence-electron chi connectivity index (χ0n) is 27.4. The van der Waals surface area contributed by atoms with Gasteiger partial charge in [0.1, 0.15) is 11.7 Å². The molecule has 1 aromatic carbocycles. The zero-order valence-corrected chi connectivity index (χ0v) is 27.4. The van der Waals surface area contributed by atoms with E-state index in [-0.39, 0.29) is 41.6 Å². The van der Waals surface area contributed by atoms with Crippen molar-refractivity contribution in [3.8, 4) is 0 Å². The van der Waals surface area contributed by atoms with Crippen LogP contribution in [0.25, 0.3) is 5.57 Å². The van der Waals surface area contributed by atoms with Gasteiger partial charge in [-0.25, -0.2) is 14.8 Å². The normalized spacial score (nSPS) is 21.5. The lowest BCUT2D eigenvalue weighted by molar-refractivity contribution is -0.137. The summed E-state index contributed by atoms with van der Waals surface area (Å²) >= 11 is 0. The molecule has 13 heteroatoms. The van der Waals surface area contributed by atoms with Crippen molar-refractivity contribution < 1.29 is 27.6 Å². The molecule has 254 valence electrons. The van der Waals surface area contributed by atoms with Crippen molar-refractivity contribution in [3.05, 3.63) is 101 Å². The Bertz CT molecular complexity index is 1690. The Hall–Kier alpha value is -5.20. The van der Waals surface area contributed by atoms with Crippen LogP contribution in [0.1, 0.15) is 74.9 Å². The van der Waals surface area contributed by atoms with Crippen molar-refractivity contribution in [2.45, 2.75) is 65.6 Å². The van der Waals surface area contributed by atoms with E-state index in [1.54, 1.807) is 30.5 Å². The number of imide groups is 1. The lowest BCUT2D eigenvalue weighted by Crippen LogP contribution is -2.46. The number of urea groups is 1. The quantitative estimate of drug-likeness (QED) is 0.330. The summed E-state index contributed by atoms with van der Waals surface area (Å²) < 4.78 is 39.2. The molecule has 4 amide bonds. The van der Waals surface area contributed by atoms with Crippen LogP contribution in [0.15, 0.2) is 89.6 Å². The molecule has 1 aromatic heterocycles. The highest BCUT2D eigenvalue weighted by atomic mass is 19.4. The minimum Gasteiger partial charge on any atom is -0.382 e. The highest BCUT2D eigenvalue weighted by Crippen LogP contribution is 2.39. The molecule has 0 radical (unpaired) electrons. The maximum atomic E-state index is 13.1. The molecule has 48 heavy (non-hydrogen) atoms. The number of benzene rings is 1. The fourth-order valence-electron chi connectivity index (χ4n) is 5.82. The first-order chi connectivity index (χ1) is 22.8. The number of hydrogen-bond acceptors (Lipinski definition) is 7. The number of carbonyl (C=O) groups excluding carboxylic acids is 3. The average Bonchev–Trinajstić information content (AvgIpc) is 3.53. The van der Waals surface area contributed by atoms with Crippen LogP contribution in [-0.2, 0) is 11.0 Å². The number of halogens is 3. The molecule has 3 heterocycles. The smallest absolute Gasteiger partial charge is 0.382 e. The Labute approximate surface area is 278 Å². The van der Waals surface area contributed by atoms with Crippen molar-refractivity contribution in [1.82, 2.24) is 20.1 Å². The predicted octanol–water partition coefficient (Wildman–Crippen LogP) is 6.82. The SMILES string of the molecule is C=C1[C@@H]2CCC(C2)NC(=O)N(C(C)=O)CC/C=C/C2=CN=C(N)/C(=C(/C)c3ccc(C(=O)Nc4cc(C(F)(F)F)ccn4)cc3)N12.CC. The van der Waals surface area contributed by atoms with Gasteiger partial charge in [0.2, 0.25) is 5.91 Å². The standard InChI is InChI=1S/C33H34F3N7O3.C2H6/c1-19(22-7-9-23(10-8-22)31(45)41-28-17-25(13-14-38-28)33(34,35)36)29-30(37)39-18-27-6-4-5-15-42(21(3)44)32(46)40-26-12-11-24(16-26)20(2)43(27)29;1-2/h4,6-10,13-14,17-18,24,26H,2,5,11-12,15-16H2,1,3H3,(H2,37,39)(H,40,46)(H,38,41,45);1-2H3/b6-4+,29-19+;/t24-,26?;/m1./s1. The topological polar surface area (TPSA) is 133 Å². The average molecular weight is 664 g/mol. The summed E-state index contributed by atoms with van der Waals surface area (Å²) in [6.45, 7) is 11.9. The fourth-order valence-corrected chi connectivity index (χ4v) is 5.82. The van der Waals surface area contributed by atoms with Gasteiger partial charge < -0.3 is 21.3 Å². The molecule has 1 unspecified atom stereocenters. The summed E-state index contributed by atoms with van der Waals surface area (Å²) in [7, 11) is 0. The van der Waals surface area contributed by atoms with Crippen molar-refractivity contribution in [2.75, 3.05) is 11.9 Å². The first-order valence-corrected chi connectivity index (χ1v) is 15.8. The number of aromatic nitrogens is 1. The maximum absolute atomic E-state index is 13.1. The van der Waals surface area contributed by atoms with Gasteiger partial charge in [-0.2, -0.15) is 13.2 Å². The summed E-state index contributed by atoms with van der Waals surface area (Å²) in [5.41, 5.74) is 9.40. The summed E-state index contributed by atoms with van der Waals surface area (Å²) in [6.07, 6.45) is 4.36. The Balaban J connectivity index is 0.00000255. The van der Waals surface area contributed by atoms with E-state index in [0.29, 0.717) is 18.5 Å². The van der Waals surface area contributed by atoms with Gasteiger partial charge in [0.05, 0.1) is 23.2 Å². The number of hydrogen-bond donors (Lipinski definition) is 3. The summed E-state index contributed by atoms with van der Waals surface area (Å²) in [6, 6.07) is 7.65. The lowest BCUT2D eigenvalue weighted by Gasteiger charge is -2.36. The van der Waals surface area contributed by atoms with E-state index >= 15 is 0 Å². The zero-order chi connectivity index (χ0) is 35.2. The molecule has 2 atom stereocenters. The Morgan fingerprint density at radius 1 is 1.08 bits per heavy atom. The Kier molecular flexibility index (Phi) is 11.2. The van der Waals surface area contributed by atoms with E-state index in [2.05, 4.69) is 27.2 Å². The molecule has 2 bridgehead atoms. The van der Waals surface area contributed by atoms with Gasteiger partial charge >= 0.3 is 12.2 Å². The molecule has 1 fully saturated rings. The van der Waals surface area contributed by atoms with Crippen molar-refractivity contribution in [2.24, 2.45) is 16.6 Å². The van der Waals surface area contributed by atoms with Gasteiger partial charge in [-0.05, 0) is 74.1 Å². The highest BCUT2D eigenvalue weighted by molar-refractivity contribution is 6.06. The number of allylic oxidation sites excluding steroid dienone is 3. The first-order valence-electron chi connectivity index (χ1n) is 15.8. The van der Waals surface area contributed by atoms with Crippen molar-refractivity contribution in [1.29, 1.82) is 0 Å². The molecule has 0 saturated heterocycles. The minimum absolute atomic E-state index is 0.0119. The van der Waals surface area contributed by atoms with Gasteiger partial charge in [-0.1, -0.05) is 38.6 Å². The number of alkyl halides is 3. The van der Waals surface area contributed by atoms with E-state index in [1.807, 2.05) is 37.8 Å². The fraction of sp³-hybridized carbons (Fsp3) is 0.343. The largest absolute Gasteiger partial charge is 0.416 e. The molecular formula is C35H40F3N7O3. The highest BCUT2D eigenvalue weighted by Gasteiger charge is 2.35. The summed E-state index contributed by atoms with van der Waals surface area (Å²) in [5, 5.41) is 5.41. The molecule has 5 rings (SSSR count). The number of pyridine rings is 1. The van der Waals surface area contributed by atoms with Gasteiger partial charge in [0, 0.05) is 42.9 Å². The second-order valence-corrected chi connectivity index (χ2v) is 11.3. The number of carbonyl (C=O) groups is 3. The molecule has 2 aromatic rings. The molecule has 3 aliphatic rings. The number of nitrogens with one attached hydrogen (secondary N) is 2. The first kappa shape index (κ1) is 35.7. The van der Waals surface area contributed by atoms with Crippen LogP contribution in [0.3, 0.4) is 0 Å². The number of anilines is 1. The van der Waals surface area contributed by atoms with Gasteiger partial charge in [0.25, 0.3) is 5.91 Å². The number of nitrogens with zero attached hydrogens (tertiary/aromatic N) is 4. The number of amides is 4. The summed E-state index contributed by atoms with van der Waals surface area (Å²) in [5.74, 6) is -0.877. The van der Waals surface area contributed by atoms with Crippen LogP contribution in [0.5, 0.6) is 0 Å². The number of amidine groups is 1. The van der Waals surface area contributed by atoms with Crippen LogP contribution in [-0.4, -0.2) is 51.1 Å². The second-order valence-electron chi connectivity index (χ2n) is 11.3. The number of aliphatic imine (C=N–C) groups is 1.